The Balaban J connectivity index is 1.87. The molecule has 1 amide bonds. The van der Waals surface area contributed by atoms with Crippen molar-refractivity contribution in [3.63, 3.8) is 0 Å². The molecular formula is C17H17FN4OS. The molecule has 2 aromatic heterocycles. The molecule has 0 saturated heterocycles. The fraction of sp³-hybridized carbons (Fsp3) is 0.294. The molecule has 0 bridgehead atoms. The van der Waals surface area contributed by atoms with Crippen LogP contribution in [0, 0.1) is 12.7 Å². The predicted octanol–water partition coefficient (Wildman–Crippen LogP) is 3.59. The summed E-state index contributed by atoms with van der Waals surface area (Å²) >= 11 is 1.29. The summed E-state index contributed by atoms with van der Waals surface area (Å²) in [6.07, 6.45) is 0. The van der Waals surface area contributed by atoms with Crippen LogP contribution in [0.5, 0.6) is 0 Å². The van der Waals surface area contributed by atoms with Crippen LogP contribution >= 0.6 is 11.5 Å². The van der Waals surface area contributed by atoms with Gasteiger partial charge in [-0.15, -0.1) is 5.10 Å². The Hall–Kier alpha value is -2.41. The topological polar surface area (TPSA) is 67.8 Å². The van der Waals surface area contributed by atoms with Crippen LogP contribution in [0.3, 0.4) is 0 Å². The van der Waals surface area contributed by atoms with Crippen LogP contribution in [0.1, 0.15) is 46.4 Å². The summed E-state index contributed by atoms with van der Waals surface area (Å²) in [5.41, 5.74) is 2.53. The van der Waals surface area contributed by atoms with Crippen molar-refractivity contribution in [3.05, 3.63) is 51.9 Å². The fourth-order valence-electron chi connectivity index (χ4n) is 2.55. The SMILES string of the molecule is Cc1cc(C(=O)NCc2snnc2C(C)C)c2ccc(F)cc2n1. The molecule has 0 unspecified atom stereocenters. The van der Waals surface area contributed by atoms with Crippen molar-refractivity contribution in [2.45, 2.75) is 33.2 Å². The van der Waals surface area contributed by atoms with Crippen LogP contribution in [-0.4, -0.2) is 20.5 Å². The van der Waals surface area contributed by atoms with Crippen molar-refractivity contribution in [3.8, 4) is 0 Å². The molecule has 3 rings (SSSR count). The fourth-order valence-corrected chi connectivity index (χ4v) is 3.29. The number of aryl methyl sites for hydroxylation is 1. The van der Waals surface area contributed by atoms with E-state index < -0.39 is 0 Å². The Kier molecular flexibility index (Phi) is 4.53. The molecule has 0 spiro atoms. The van der Waals surface area contributed by atoms with Gasteiger partial charge < -0.3 is 5.32 Å². The zero-order chi connectivity index (χ0) is 17.3. The number of hydrogen-bond donors (Lipinski definition) is 1. The van der Waals surface area contributed by atoms with Gasteiger partial charge in [0.05, 0.1) is 28.2 Å². The van der Waals surface area contributed by atoms with Gasteiger partial charge in [0, 0.05) is 17.1 Å². The molecule has 5 nitrogen and oxygen atoms in total. The zero-order valence-electron chi connectivity index (χ0n) is 13.6. The van der Waals surface area contributed by atoms with Crippen LogP contribution in [0.25, 0.3) is 10.9 Å². The smallest absolute Gasteiger partial charge is 0.252 e. The molecule has 0 aliphatic rings. The van der Waals surface area contributed by atoms with Gasteiger partial charge in [0.25, 0.3) is 5.91 Å². The van der Waals surface area contributed by atoms with Crippen LogP contribution in [0.4, 0.5) is 4.39 Å². The Morgan fingerprint density at radius 1 is 1.33 bits per heavy atom. The highest BCUT2D eigenvalue weighted by Crippen LogP contribution is 2.21. The van der Waals surface area contributed by atoms with E-state index >= 15 is 0 Å². The van der Waals surface area contributed by atoms with Crippen LogP contribution in [0.15, 0.2) is 24.3 Å². The molecule has 0 radical (unpaired) electrons. The molecule has 0 atom stereocenters. The van der Waals surface area contributed by atoms with Gasteiger partial charge >= 0.3 is 0 Å². The first-order chi connectivity index (χ1) is 11.5. The number of halogens is 1. The number of rotatable bonds is 4. The largest absolute Gasteiger partial charge is 0.347 e. The Morgan fingerprint density at radius 2 is 2.12 bits per heavy atom. The first-order valence-corrected chi connectivity index (χ1v) is 8.39. The first-order valence-electron chi connectivity index (χ1n) is 7.62. The maximum atomic E-state index is 13.4. The first kappa shape index (κ1) is 16.4. The van der Waals surface area contributed by atoms with Crippen LogP contribution in [0.2, 0.25) is 0 Å². The summed E-state index contributed by atoms with van der Waals surface area (Å²) in [5.74, 6) is -0.341. The summed E-state index contributed by atoms with van der Waals surface area (Å²) in [6, 6.07) is 5.97. The maximum Gasteiger partial charge on any atom is 0.252 e. The van der Waals surface area contributed by atoms with Crippen molar-refractivity contribution >= 4 is 28.3 Å². The number of benzene rings is 1. The van der Waals surface area contributed by atoms with E-state index in [0.717, 1.165) is 10.6 Å². The summed E-state index contributed by atoms with van der Waals surface area (Å²) in [6.45, 7) is 6.23. The Labute approximate surface area is 143 Å². The number of carbonyl (C=O) groups is 1. The predicted molar refractivity (Wildman–Crippen MR) is 91.6 cm³/mol. The van der Waals surface area contributed by atoms with E-state index in [4.69, 9.17) is 0 Å². The number of carbonyl (C=O) groups excluding carboxylic acids is 1. The molecular weight excluding hydrogens is 327 g/mol. The normalized spacial score (nSPS) is 11.2. The maximum absolute atomic E-state index is 13.4. The monoisotopic (exact) mass is 344 g/mol. The van der Waals surface area contributed by atoms with Crippen molar-refractivity contribution < 1.29 is 9.18 Å². The average Bonchev–Trinajstić information content (AvgIpc) is 3.00. The number of nitrogens with zero attached hydrogens (tertiary/aromatic N) is 3. The quantitative estimate of drug-likeness (QED) is 0.785. The van der Waals surface area contributed by atoms with Crippen LogP contribution in [-0.2, 0) is 6.54 Å². The van der Waals surface area contributed by atoms with Gasteiger partial charge in [0.1, 0.15) is 5.82 Å². The average molecular weight is 344 g/mol. The molecule has 2 heterocycles. The van der Waals surface area contributed by atoms with Crippen molar-refractivity contribution in [2.75, 3.05) is 0 Å². The van der Waals surface area contributed by atoms with Crippen molar-refractivity contribution in [1.29, 1.82) is 0 Å². The Bertz CT molecular complexity index is 901. The molecule has 24 heavy (non-hydrogen) atoms. The number of fused-ring (bicyclic) bond motifs is 1. The van der Waals surface area contributed by atoms with Gasteiger partial charge in [-0.25, -0.2) is 4.39 Å². The Morgan fingerprint density at radius 3 is 2.88 bits per heavy atom. The summed E-state index contributed by atoms with van der Waals surface area (Å²) in [7, 11) is 0. The van der Waals surface area contributed by atoms with Gasteiger partial charge in [-0.1, -0.05) is 18.3 Å². The molecule has 1 aromatic carbocycles. The van der Waals surface area contributed by atoms with E-state index in [1.54, 1.807) is 19.1 Å². The van der Waals surface area contributed by atoms with Gasteiger partial charge in [-0.05, 0) is 42.6 Å². The lowest BCUT2D eigenvalue weighted by atomic mass is 10.1. The highest BCUT2D eigenvalue weighted by Gasteiger charge is 2.15. The second kappa shape index (κ2) is 6.60. The van der Waals surface area contributed by atoms with Gasteiger partial charge in [0.2, 0.25) is 0 Å². The van der Waals surface area contributed by atoms with E-state index in [1.807, 2.05) is 13.8 Å². The van der Waals surface area contributed by atoms with Gasteiger partial charge in [-0.3, -0.25) is 9.78 Å². The highest BCUT2D eigenvalue weighted by atomic mass is 32.1. The zero-order valence-corrected chi connectivity index (χ0v) is 14.4. The van der Waals surface area contributed by atoms with Crippen molar-refractivity contribution in [2.24, 2.45) is 0 Å². The molecule has 7 heteroatoms. The molecule has 0 aliphatic carbocycles. The molecule has 0 aliphatic heterocycles. The third-order valence-corrected chi connectivity index (χ3v) is 4.42. The van der Waals surface area contributed by atoms with E-state index in [9.17, 15) is 9.18 Å². The lowest BCUT2D eigenvalue weighted by Gasteiger charge is -2.09. The second-order valence-electron chi connectivity index (χ2n) is 5.89. The third kappa shape index (κ3) is 3.26. The third-order valence-electron chi connectivity index (χ3n) is 3.69. The number of nitrogens with one attached hydrogen (secondary N) is 1. The molecule has 3 aromatic rings. The molecule has 1 N–H and O–H groups in total. The van der Waals surface area contributed by atoms with Gasteiger partial charge in [0.15, 0.2) is 0 Å². The van der Waals surface area contributed by atoms with E-state index in [2.05, 4.69) is 19.9 Å². The molecule has 124 valence electrons. The minimum atomic E-state index is -0.371. The van der Waals surface area contributed by atoms with E-state index in [-0.39, 0.29) is 17.6 Å². The lowest BCUT2D eigenvalue weighted by Crippen LogP contribution is -2.23. The highest BCUT2D eigenvalue weighted by molar-refractivity contribution is 7.05. The molecule has 0 fully saturated rings. The second-order valence-corrected chi connectivity index (χ2v) is 6.73. The van der Waals surface area contributed by atoms with Gasteiger partial charge in [-0.2, -0.15) is 0 Å². The van der Waals surface area contributed by atoms with E-state index in [1.165, 1.54) is 23.7 Å². The van der Waals surface area contributed by atoms with Crippen molar-refractivity contribution in [1.82, 2.24) is 19.9 Å². The summed E-state index contributed by atoms with van der Waals surface area (Å²) < 4.78 is 17.4. The minimum Gasteiger partial charge on any atom is -0.347 e. The molecule has 0 saturated carbocycles. The standard InChI is InChI=1S/C17H17FN4OS/c1-9(2)16-15(24-22-21-16)8-19-17(23)13-6-10(3)20-14-7-11(18)4-5-12(13)14/h4-7,9H,8H2,1-3H3,(H,19,23). The minimum absolute atomic E-state index is 0.222. The summed E-state index contributed by atoms with van der Waals surface area (Å²) in [4.78, 5) is 17.8. The van der Waals surface area contributed by atoms with Crippen LogP contribution < -0.4 is 5.32 Å². The lowest BCUT2D eigenvalue weighted by molar-refractivity contribution is 0.0952. The number of pyridine rings is 1. The summed E-state index contributed by atoms with van der Waals surface area (Å²) in [5, 5.41) is 7.64. The van der Waals surface area contributed by atoms with E-state index in [0.29, 0.717) is 28.7 Å². The number of hydrogen-bond acceptors (Lipinski definition) is 5. The number of aromatic nitrogens is 3. The number of amides is 1.